The van der Waals surface area contributed by atoms with Gasteiger partial charge in [0, 0.05) is 19.3 Å². The summed E-state index contributed by atoms with van der Waals surface area (Å²) >= 11 is 0. The zero-order valence-corrected chi connectivity index (χ0v) is 10.1. The molecular weight excluding hydrogens is 254 g/mol. The van der Waals surface area contributed by atoms with E-state index in [-0.39, 0.29) is 12.2 Å². The number of hydrogen-bond donors (Lipinski definition) is 4. The number of carboxylic acids is 1. The number of aromatic nitrogens is 2. The highest BCUT2D eigenvalue weighted by atomic mass is 16.4. The zero-order chi connectivity index (χ0) is 14.3. The Labute approximate surface area is 108 Å². The van der Waals surface area contributed by atoms with Crippen molar-refractivity contribution in [3.05, 3.63) is 18.2 Å². The standard InChI is InChI=1S/C10H15N5O4/c11-1-2-15-5-7(14-6-15)10(19)13-3-8(16)12-4-9(17)18/h5-6H,1-4,11H2,(H,12,16)(H,13,19)(H,17,18). The lowest BCUT2D eigenvalue weighted by molar-refractivity contribution is -0.137. The monoisotopic (exact) mass is 269 g/mol. The van der Waals surface area contributed by atoms with Crippen LogP contribution in [0, 0.1) is 0 Å². The van der Waals surface area contributed by atoms with Gasteiger partial charge in [-0.2, -0.15) is 0 Å². The van der Waals surface area contributed by atoms with Gasteiger partial charge in [0.15, 0.2) is 0 Å². The van der Waals surface area contributed by atoms with Crippen molar-refractivity contribution in [3.8, 4) is 0 Å². The molecule has 0 fully saturated rings. The molecule has 0 spiro atoms. The summed E-state index contributed by atoms with van der Waals surface area (Å²) in [5, 5.41) is 12.8. The Kier molecular flexibility index (Phi) is 5.48. The van der Waals surface area contributed by atoms with E-state index in [2.05, 4.69) is 15.6 Å². The minimum absolute atomic E-state index is 0.166. The van der Waals surface area contributed by atoms with Gasteiger partial charge in [-0.3, -0.25) is 14.4 Å². The van der Waals surface area contributed by atoms with Crippen molar-refractivity contribution in [1.29, 1.82) is 0 Å². The fraction of sp³-hybridized carbons (Fsp3) is 0.400. The molecule has 0 radical (unpaired) electrons. The van der Waals surface area contributed by atoms with Crippen LogP contribution < -0.4 is 16.4 Å². The van der Waals surface area contributed by atoms with Gasteiger partial charge < -0.3 is 26.0 Å². The molecule has 9 heteroatoms. The number of carbonyl (C=O) groups is 3. The first-order valence-corrected chi connectivity index (χ1v) is 5.51. The molecule has 1 aromatic heterocycles. The summed E-state index contributed by atoms with van der Waals surface area (Å²) in [6.07, 6.45) is 2.98. The number of rotatable bonds is 7. The highest BCUT2D eigenvalue weighted by Crippen LogP contribution is 1.95. The lowest BCUT2D eigenvalue weighted by Gasteiger charge is -2.03. The highest BCUT2D eigenvalue weighted by molar-refractivity contribution is 5.95. The van der Waals surface area contributed by atoms with Crippen molar-refractivity contribution in [2.45, 2.75) is 6.54 Å². The second-order valence-corrected chi connectivity index (χ2v) is 3.64. The van der Waals surface area contributed by atoms with Crippen LogP contribution in [0.15, 0.2) is 12.5 Å². The van der Waals surface area contributed by atoms with Crippen LogP contribution in [-0.4, -0.2) is 52.1 Å². The quantitative estimate of drug-likeness (QED) is 0.442. The fourth-order valence-corrected chi connectivity index (χ4v) is 1.24. The van der Waals surface area contributed by atoms with Gasteiger partial charge in [0.05, 0.1) is 12.9 Å². The SMILES string of the molecule is NCCn1cnc(C(=O)NCC(=O)NCC(=O)O)c1. The molecule has 104 valence electrons. The third kappa shape index (κ3) is 5.17. The zero-order valence-electron chi connectivity index (χ0n) is 10.1. The van der Waals surface area contributed by atoms with E-state index in [4.69, 9.17) is 10.8 Å². The first-order chi connectivity index (χ1) is 9.02. The summed E-state index contributed by atoms with van der Waals surface area (Å²) in [5.74, 6) is -2.25. The van der Waals surface area contributed by atoms with Crippen LogP contribution in [0.25, 0.3) is 0 Å². The van der Waals surface area contributed by atoms with Gasteiger partial charge in [0.25, 0.3) is 5.91 Å². The van der Waals surface area contributed by atoms with Crippen molar-refractivity contribution in [2.75, 3.05) is 19.6 Å². The van der Waals surface area contributed by atoms with Gasteiger partial charge >= 0.3 is 5.97 Å². The second-order valence-electron chi connectivity index (χ2n) is 3.64. The van der Waals surface area contributed by atoms with E-state index in [0.717, 1.165) is 0 Å². The third-order valence-corrected chi connectivity index (χ3v) is 2.10. The lowest BCUT2D eigenvalue weighted by Crippen LogP contribution is -2.39. The Hall–Kier alpha value is -2.42. The molecular formula is C10H15N5O4. The van der Waals surface area contributed by atoms with Gasteiger partial charge in [-0.05, 0) is 0 Å². The van der Waals surface area contributed by atoms with Crippen molar-refractivity contribution in [3.63, 3.8) is 0 Å². The Balaban J connectivity index is 2.37. The first-order valence-electron chi connectivity index (χ1n) is 5.51. The number of aliphatic carboxylic acids is 1. The Morgan fingerprint density at radius 1 is 1.32 bits per heavy atom. The molecule has 0 aliphatic rings. The molecule has 1 heterocycles. The average molecular weight is 269 g/mol. The molecule has 0 aliphatic carbocycles. The van der Waals surface area contributed by atoms with Crippen LogP contribution in [-0.2, 0) is 16.1 Å². The van der Waals surface area contributed by atoms with E-state index in [0.29, 0.717) is 13.1 Å². The maximum absolute atomic E-state index is 11.6. The molecule has 0 bridgehead atoms. The van der Waals surface area contributed by atoms with Crippen LogP contribution in [0.1, 0.15) is 10.5 Å². The van der Waals surface area contributed by atoms with Gasteiger partial charge in [-0.15, -0.1) is 0 Å². The van der Waals surface area contributed by atoms with Crippen molar-refractivity contribution < 1.29 is 19.5 Å². The second kappa shape index (κ2) is 7.11. The summed E-state index contributed by atoms with van der Waals surface area (Å²) in [6, 6.07) is 0. The van der Waals surface area contributed by atoms with Crippen LogP contribution in [0.3, 0.4) is 0 Å². The van der Waals surface area contributed by atoms with Crippen LogP contribution in [0.5, 0.6) is 0 Å². The lowest BCUT2D eigenvalue weighted by atomic mass is 10.4. The largest absolute Gasteiger partial charge is 0.480 e. The van der Waals surface area contributed by atoms with Gasteiger partial charge in [0.1, 0.15) is 12.2 Å². The summed E-state index contributed by atoms with van der Waals surface area (Å²) in [7, 11) is 0. The van der Waals surface area contributed by atoms with E-state index in [9.17, 15) is 14.4 Å². The number of nitrogens with one attached hydrogen (secondary N) is 2. The van der Waals surface area contributed by atoms with E-state index >= 15 is 0 Å². The van der Waals surface area contributed by atoms with Crippen molar-refractivity contribution in [2.24, 2.45) is 5.73 Å². The first kappa shape index (κ1) is 14.6. The molecule has 2 amide bonds. The predicted molar refractivity (Wildman–Crippen MR) is 64.3 cm³/mol. The van der Waals surface area contributed by atoms with E-state index in [1.54, 1.807) is 4.57 Å². The highest BCUT2D eigenvalue weighted by Gasteiger charge is 2.11. The molecule has 0 aliphatic heterocycles. The normalized spacial score (nSPS) is 9.95. The number of nitrogens with two attached hydrogens (primary N) is 1. The maximum Gasteiger partial charge on any atom is 0.322 e. The molecule has 0 aromatic carbocycles. The Morgan fingerprint density at radius 3 is 2.68 bits per heavy atom. The molecule has 0 saturated carbocycles. The van der Waals surface area contributed by atoms with Crippen LogP contribution in [0.4, 0.5) is 0 Å². The molecule has 5 N–H and O–H groups in total. The number of imidazole rings is 1. The molecule has 0 saturated heterocycles. The number of nitrogens with zero attached hydrogens (tertiary/aromatic N) is 2. The van der Waals surface area contributed by atoms with Crippen molar-refractivity contribution in [1.82, 2.24) is 20.2 Å². The Bertz CT molecular complexity index is 470. The number of amides is 2. The molecule has 0 atom stereocenters. The summed E-state index contributed by atoms with van der Waals surface area (Å²) in [4.78, 5) is 36.8. The van der Waals surface area contributed by atoms with E-state index < -0.39 is 24.3 Å². The summed E-state index contributed by atoms with van der Waals surface area (Å²) < 4.78 is 1.65. The fourth-order valence-electron chi connectivity index (χ4n) is 1.24. The minimum atomic E-state index is -1.15. The van der Waals surface area contributed by atoms with Gasteiger partial charge in [-0.1, -0.05) is 0 Å². The molecule has 19 heavy (non-hydrogen) atoms. The van der Waals surface area contributed by atoms with Gasteiger partial charge in [-0.25, -0.2) is 4.98 Å². The number of carbonyl (C=O) groups excluding carboxylic acids is 2. The Morgan fingerprint density at radius 2 is 2.05 bits per heavy atom. The van der Waals surface area contributed by atoms with Crippen molar-refractivity contribution >= 4 is 17.8 Å². The topological polar surface area (TPSA) is 139 Å². The molecule has 1 aromatic rings. The minimum Gasteiger partial charge on any atom is -0.480 e. The maximum atomic E-state index is 11.6. The van der Waals surface area contributed by atoms with E-state index in [1.165, 1.54) is 12.5 Å². The summed E-state index contributed by atoms with van der Waals surface area (Å²) in [6.45, 7) is 0.171. The molecule has 0 unspecified atom stereocenters. The number of carboxylic acid groups (broad SMARTS) is 1. The van der Waals surface area contributed by atoms with Gasteiger partial charge in [0.2, 0.25) is 5.91 Å². The average Bonchev–Trinajstić information content (AvgIpc) is 2.82. The number of hydrogen-bond acceptors (Lipinski definition) is 5. The molecule has 1 rings (SSSR count). The van der Waals surface area contributed by atoms with Crippen LogP contribution in [0.2, 0.25) is 0 Å². The third-order valence-electron chi connectivity index (χ3n) is 2.10. The predicted octanol–water partition coefficient (Wildman–Crippen LogP) is -2.23. The smallest absolute Gasteiger partial charge is 0.322 e. The molecule has 9 nitrogen and oxygen atoms in total. The summed E-state index contributed by atoms with van der Waals surface area (Å²) in [5.41, 5.74) is 5.52. The van der Waals surface area contributed by atoms with E-state index in [1.807, 2.05) is 0 Å². The van der Waals surface area contributed by atoms with Crippen LogP contribution >= 0.6 is 0 Å².